The van der Waals surface area contributed by atoms with Crippen molar-refractivity contribution < 1.29 is 9.59 Å². The largest absolute Gasteiger partial charge is 0.337 e. The van der Waals surface area contributed by atoms with Crippen LogP contribution in [0.3, 0.4) is 0 Å². The van der Waals surface area contributed by atoms with Crippen molar-refractivity contribution >= 4 is 17.6 Å². The van der Waals surface area contributed by atoms with Gasteiger partial charge >= 0.3 is 6.03 Å². The Bertz CT molecular complexity index is 772. The molecule has 3 heterocycles. The number of para-hydroxylation sites is 1. The van der Waals surface area contributed by atoms with E-state index in [1.165, 1.54) is 4.90 Å². The first-order valence-electron chi connectivity index (χ1n) is 8.03. The summed E-state index contributed by atoms with van der Waals surface area (Å²) in [5.74, 6) is 0.816. The molecule has 4 rings (SSSR count). The molecule has 2 aromatic rings. The molecular weight excluding hydrogens is 306 g/mol. The lowest BCUT2D eigenvalue weighted by molar-refractivity contribution is -0.121. The predicted octanol–water partition coefficient (Wildman–Crippen LogP) is 1.07. The molecule has 1 atom stereocenters. The second-order valence-corrected chi connectivity index (χ2v) is 6.19. The molecule has 2 fully saturated rings. The maximum atomic E-state index is 12.8. The van der Waals surface area contributed by atoms with E-state index in [1.54, 1.807) is 23.2 Å². The monoisotopic (exact) mass is 325 g/mol. The Hall–Kier alpha value is -2.67. The van der Waals surface area contributed by atoms with Crippen LogP contribution in [0.2, 0.25) is 0 Å². The van der Waals surface area contributed by atoms with Crippen LogP contribution in [0.15, 0.2) is 42.7 Å². The summed E-state index contributed by atoms with van der Waals surface area (Å²) in [5, 5.41) is 0. The van der Waals surface area contributed by atoms with E-state index in [1.807, 2.05) is 36.0 Å². The smallest absolute Gasteiger partial charge is 0.332 e. The number of anilines is 1. The minimum absolute atomic E-state index is 0.143. The fourth-order valence-corrected chi connectivity index (χ4v) is 3.36. The zero-order chi connectivity index (χ0) is 16.7. The SMILES string of the molecule is Cn1ccnc1CN1CCN2C(=O)N(c3ccccc3)C(=O)[C@H]2C1. The molecule has 2 saturated heterocycles. The van der Waals surface area contributed by atoms with E-state index < -0.39 is 6.04 Å². The van der Waals surface area contributed by atoms with E-state index in [-0.39, 0.29) is 11.9 Å². The van der Waals surface area contributed by atoms with Gasteiger partial charge in [-0.05, 0) is 12.1 Å². The van der Waals surface area contributed by atoms with Gasteiger partial charge in [0.05, 0.1) is 12.2 Å². The van der Waals surface area contributed by atoms with Crippen molar-refractivity contribution in [1.82, 2.24) is 19.4 Å². The van der Waals surface area contributed by atoms with Crippen molar-refractivity contribution in [3.8, 4) is 0 Å². The standard InChI is InChI=1S/C17H19N5O2/c1-19-8-7-18-15(19)12-20-9-10-21-14(11-20)16(23)22(17(21)24)13-5-3-2-4-6-13/h2-8,14H,9-12H2,1H3/t14-/m1/s1. The number of carbonyl (C=O) groups excluding carboxylic acids is 2. The predicted molar refractivity (Wildman–Crippen MR) is 88.3 cm³/mol. The Balaban J connectivity index is 1.53. The van der Waals surface area contributed by atoms with Crippen LogP contribution >= 0.6 is 0 Å². The molecule has 0 aliphatic carbocycles. The van der Waals surface area contributed by atoms with E-state index in [4.69, 9.17) is 0 Å². The molecule has 2 aliphatic rings. The van der Waals surface area contributed by atoms with Gasteiger partial charge in [0.25, 0.3) is 5.91 Å². The third-order valence-corrected chi connectivity index (χ3v) is 4.71. The summed E-state index contributed by atoms with van der Waals surface area (Å²) < 4.78 is 1.98. The Morgan fingerprint density at radius 2 is 1.96 bits per heavy atom. The van der Waals surface area contributed by atoms with Crippen molar-refractivity contribution in [1.29, 1.82) is 0 Å². The zero-order valence-corrected chi connectivity index (χ0v) is 13.5. The van der Waals surface area contributed by atoms with Crippen LogP contribution in [0.1, 0.15) is 5.82 Å². The van der Waals surface area contributed by atoms with Gasteiger partial charge in [-0.2, -0.15) is 0 Å². The fraction of sp³-hybridized carbons (Fsp3) is 0.353. The van der Waals surface area contributed by atoms with Crippen molar-refractivity contribution in [2.45, 2.75) is 12.6 Å². The topological polar surface area (TPSA) is 61.7 Å². The summed E-state index contributed by atoms with van der Waals surface area (Å²) in [6.07, 6.45) is 3.68. The lowest BCUT2D eigenvalue weighted by Crippen LogP contribution is -2.52. The molecule has 0 saturated carbocycles. The van der Waals surface area contributed by atoms with Crippen LogP contribution in [0.5, 0.6) is 0 Å². The highest BCUT2D eigenvalue weighted by Gasteiger charge is 2.48. The van der Waals surface area contributed by atoms with Crippen LogP contribution in [0.25, 0.3) is 0 Å². The maximum Gasteiger partial charge on any atom is 0.332 e. The Morgan fingerprint density at radius 3 is 2.67 bits per heavy atom. The lowest BCUT2D eigenvalue weighted by Gasteiger charge is -2.34. The van der Waals surface area contributed by atoms with Crippen LogP contribution in [0, 0.1) is 0 Å². The van der Waals surface area contributed by atoms with Gasteiger partial charge in [0.2, 0.25) is 0 Å². The molecule has 0 radical (unpaired) electrons. The summed E-state index contributed by atoms with van der Waals surface area (Å²) in [6.45, 7) is 2.52. The van der Waals surface area contributed by atoms with Crippen LogP contribution in [-0.2, 0) is 18.4 Å². The number of fused-ring (bicyclic) bond motifs is 1. The number of urea groups is 1. The quantitative estimate of drug-likeness (QED) is 0.792. The van der Waals surface area contributed by atoms with Crippen LogP contribution < -0.4 is 4.90 Å². The number of rotatable bonds is 3. The van der Waals surface area contributed by atoms with E-state index in [0.29, 0.717) is 25.3 Å². The Kier molecular flexibility index (Phi) is 3.57. The molecule has 0 spiro atoms. The van der Waals surface area contributed by atoms with Crippen molar-refractivity contribution in [3.63, 3.8) is 0 Å². The number of hydrogen-bond donors (Lipinski definition) is 0. The van der Waals surface area contributed by atoms with E-state index in [2.05, 4.69) is 9.88 Å². The van der Waals surface area contributed by atoms with Gasteiger partial charge in [0, 0.05) is 39.1 Å². The van der Waals surface area contributed by atoms with Gasteiger partial charge in [-0.3, -0.25) is 9.69 Å². The molecule has 7 nitrogen and oxygen atoms in total. The van der Waals surface area contributed by atoms with Crippen molar-refractivity contribution in [2.75, 3.05) is 24.5 Å². The second kappa shape index (κ2) is 5.76. The minimum atomic E-state index is -0.410. The third-order valence-electron chi connectivity index (χ3n) is 4.71. The molecular formula is C17H19N5O2. The first-order chi connectivity index (χ1) is 11.6. The van der Waals surface area contributed by atoms with Crippen molar-refractivity contribution in [2.24, 2.45) is 7.05 Å². The normalized spacial score (nSPS) is 21.5. The molecule has 0 bridgehead atoms. The van der Waals surface area contributed by atoms with E-state index >= 15 is 0 Å². The van der Waals surface area contributed by atoms with Gasteiger partial charge < -0.3 is 9.47 Å². The molecule has 7 heteroatoms. The fourth-order valence-electron chi connectivity index (χ4n) is 3.36. The van der Waals surface area contributed by atoms with Gasteiger partial charge in [0.15, 0.2) is 0 Å². The zero-order valence-electron chi connectivity index (χ0n) is 13.5. The molecule has 1 aromatic heterocycles. The number of amides is 3. The number of piperazine rings is 1. The summed E-state index contributed by atoms with van der Waals surface area (Å²) >= 11 is 0. The summed E-state index contributed by atoms with van der Waals surface area (Å²) in [6, 6.07) is 8.50. The molecule has 0 unspecified atom stereocenters. The average molecular weight is 325 g/mol. The van der Waals surface area contributed by atoms with Gasteiger partial charge in [-0.25, -0.2) is 14.7 Å². The molecule has 3 amide bonds. The van der Waals surface area contributed by atoms with Gasteiger partial charge in [0.1, 0.15) is 11.9 Å². The number of hydrogen-bond acceptors (Lipinski definition) is 4. The molecule has 124 valence electrons. The molecule has 1 aromatic carbocycles. The van der Waals surface area contributed by atoms with Gasteiger partial charge in [-0.1, -0.05) is 18.2 Å². The third kappa shape index (κ3) is 2.37. The summed E-state index contributed by atoms with van der Waals surface area (Å²) in [4.78, 5) is 34.9. The molecule has 0 N–H and O–H groups in total. The van der Waals surface area contributed by atoms with Crippen LogP contribution in [-0.4, -0.2) is 57.0 Å². The van der Waals surface area contributed by atoms with E-state index in [9.17, 15) is 9.59 Å². The highest BCUT2D eigenvalue weighted by molar-refractivity contribution is 6.21. The molecule has 2 aliphatic heterocycles. The number of carbonyl (C=O) groups is 2. The second-order valence-electron chi connectivity index (χ2n) is 6.19. The first kappa shape index (κ1) is 14.9. The Morgan fingerprint density at radius 1 is 1.17 bits per heavy atom. The average Bonchev–Trinajstić information content (AvgIpc) is 3.10. The number of imide groups is 1. The number of nitrogens with zero attached hydrogens (tertiary/aromatic N) is 5. The van der Waals surface area contributed by atoms with Crippen molar-refractivity contribution in [3.05, 3.63) is 48.5 Å². The number of imidazole rings is 1. The maximum absolute atomic E-state index is 12.8. The highest BCUT2D eigenvalue weighted by atomic mass is 16.2. The molecule has 24 heavy (non-hydrogen) atoms. The first-order valence-corrected chi connectivity index (χ1v) is 8.03. The van der Waals surface area contributed by atoms with Crippen LogP contribution in [0.4, 0.5) is 10.5 Å². The minimum Gasteiger partial charge on any atom is -0.337 e. The highest BCUT2D eigenvalue weighted by Crippen LogP contribution is 2.27. The van der Waals surface area contributed by atoms with Gasteiger partial charge in [-0.15, -0.1) is 0 Å². The summed E-state index contributed by atoms with van der Waals surface area (Å²) in [5.41, 5.74) is 0.637. The lowest BCUT2D eigenvalue weighted by atomic mass is 10.2. The Labute approximate surface area is 140 Å². The van der Waals surface area contributed by atoms with E-state index in [0.717, 1.165) is 12.4 Å². The number of benzene rings is 1. The number of aromatic nitrogens is 2. The number of aryl methyl sites for hydroxylation is 1. The summed E-state index contributed by atoms with van der Waals surface area (Å²) in [7, 11) is 1.96.